The van der Waals surface area contributed by atoms with Gasteiger partial charge < -0.3 is 10.6 Å². The van der Waals surface area contributed by atoms with Crippen molar-refractivity contribution in [2.75, 3.05) is 18.4 Å². The molecule has 21 heavy (non-hydrogen) atoms. The largest absolute Gasteiger partial charge is 0.326 e. The summed E-state index contributed by atoms with van der Waals surface area (Å²) in [5, 5.41) is 6.28. The third-order valence-corrected chi connectivity index (χ3v) is 3.93. The second-order valence-electron chi connectivity index (χ2n) is 5.48. The standard InChI is InChI=1S/C18H20N2O/c21-18(16-7-4-12-19-13-16)20-17-10-8-15(9-11-17)14-5-2-1-3-6-14/h1-3,5-6,8-11,16,19H,4,7,12-13H2,(H,20,21). The Kier molecular flexibility index (Phi) is 4.31. The van der Waals surface area contributed by atoms with Crippen LogP contribution in [0.5, 0.6) is 0 Å². The number of benzene rings is 2. The van der Waals surface area contributed by atoms with Crippen LogP contribution in [-0.4, -0.2) is 19.0 Å². The Labute approximate surface area is 125 Å². The molecule has 3 heteroatoms. The summed E-state index contributed by atoms with van der Waals surface area (Å²) in [6, 6.07) is 18.3. The first-order valence-corrected chi connectivity index (χ1v) is 7.50. The van der Waals surface area contributed by atoms with Crippen molar-refractivity contribution in [3.8, 4) is 11.1 Å². The zero-order valence-corrected chi connectivity index (χ0v) is 12.0. The quantitative estimate of drug-likeness (QED) is 0.906. The molecule has 3 nitrogen and oxygen atoms in total. The lowest BCUT2D eigenvalue weighted by molar-refractivity contribution is -0.120. The Bertz CT molecular complexity index is 586. The molecule has 2 aromatic carbocycles. The first-order valence-electron chi connectivity index (χ1n) is 7.50. The molecule has 108 valence electrons. The Morgan fingerprint density at radius 3 is 2.38 bits per heavy atom. The molecule has 2 N–H and O–H groups in total. The summed E-state index contributed by atoms with van der Waals surface area (Å²) < 4.78 is 0. The zero-order valence-electron chi connectivity index (χ0n) is 12.0. The van der Waals surface area contributed by atoms with Crippen LogP contribution in [0.15, 0.2) is 54.6 Å². The summed E-state index contributed by atoms with van der Waals surface area (Å²) in [7, 11) is 0. The van der Waals surface area contributed by atoms with Crippen LogP contribution < -0.4 is 10.6 Å². The van der Waals surface area contributed by atoms with E-state index in [1.165, 1.54) is 5.56 Å². The van der Waals surface area contributed by atoms with Crippen LogP contribution in [0.25, 0.3) is 11.1 Å². The fourth-order valence-electron chi connectivity index (χ4n) is 2.70. The maximum absolute atomic E-state index is 12.2. The number of anilines is 1. The molecule has 1 unspecified atom stereocenters. The molecular formula is C18H20N2O. The first-order chi connectivity index (χ1) is 10.3. The average Bonchev–Trinajstić information content (AvgIpc) is 2.57. The Balaban J connectivity index is 1.65. The van der Waals surface area contributed by atoms with Crippen LogP contribution in [-0.2, 0) is 4.79 Å². The predicted octanol–water partition coefficient (Wildman–Crippen LogP) is 3.29. The second-order valence-corrected chi connectivity index (χ2v) is 5.48. The molecule has 0 saturated carbocycles. The molecule has 0 aromatic heterocycles. The zero-order chi connectivity index (χ0) is 14.5. The molecule has 2 aromatic rings. The highest BCUT2D eigenvalue weighted by Gasteiger charge is 2.20. The maximum Gasteiger partial charge on any atom is 0.228 e. The number of piperidine rings is 1. The van der Waals surface area contributed by atoms with E-state index in [9.17, 15) is 4.79 Å². The lowest BCUT2D eigenvalue weighted by atomic mass is 9.98. The van der Waals surface area contributed by atoms with Gasteiger partial charge in [0.15, 0.2) is 0 Å². The molecular weight excluding hydrogens is 260 g/mol. The summed E-state index contributed by atoms with van der Waals surface area (Å²) in [5.41, 5.74) is 3.21. The van der Waals surface area contributed by atoms with Gasteiger partial charge >= 0.3 is 0 Å². The van der Waals surface area contributed by atoms with Crippen molar-refractivity contribution in [2.24, 2.45) is 5.92 Å². The van der Waals surface area contributed by atoms with E-state index in [2.05, 4.69) is 22.8 Å². The van der Waals surface area contributed by atoms with Crippen molar-refractivity contribution in [2.45, 2.75) is 12.8 Å². The number of carbonyl (C=O) groups excluding carboxylic acids is 1. The molecule has 0 bridgehead atoms. The van der Waals surface area contributed by atoms with Gasteiger partial charge in [-0.2, -0.15) is 0 Å². The van der Waals surface area contributed by atoms with Crippen LogP contribution >= 0.6 is 0 Å². The molecule has 1 fully saturated rings. The highest BCUT2D eigenvalue weighted by atomic mass is 16.1. The molecule has 1 heterocycles. The van der Waals surface area contributed by atoms with E-state index >= 15 is 0 Å². The number of hydrogen-bond donors (Lipinski definition) is 2. The Hall–Kier alpha value is -2.13. The number of nitrogens with one attached hydrogen (secondary N) is 2. The lowest BCUT2D eigenvalue weighted by Gasteiger charge is -2.21. The molecule has 3 rings (SSSR count). The van der Waals surface area contributed by atoms with Gasteiger partial charge in [0, 0.05) is 12.2 Å². The second kappa shape index (κ2) is 6.55. The van der Waals surface area contributed by atoms with Crippen LogP contribution in [0.3, 0.4) is 0 Å². The lowest BCUT2D eigenvalue weighted by Crippen LogP contribution is -2.37. The fourth-order valence-corrected chi connectivity index (χ4v) is 2.70. The van der Waals surface area contributed by atoms with E-state index in [1.54, 1.807) is 0 Å². The molecule has 1 atom stereocenters. The van der Waals surface area contributed by atoms with Gasteiger partial charge in [0.25, 0.3) is 0 Å². The van der Waals surface area contributed by atoms with E-state index in [4.69, 9.17) is 0 Å². The highest BCUT2D eigenvalue weighted by Crippen LogP contribution is 2.21. The summed E-state index contributed by atoms with van der Waals surface area (Å²) in [5.74, 6) is 0.210. The fraction of sp³-hybridized carbons (Fsp3) is 0.278. The van der Waals surface area contributed by atoms with Gasteiger partial charge in [0.05, 0.1) is 5.92 Å². The minimum Gasteiger partial charge on any atom is -0.326 e. The van der Waals surface area contributed by atoms with Crippen LogP contribution in [0.1, 0.15) is 12.8 Å². The highest BCUT2D eigenvalue weighted by molar-refractivity contribution is 5.93. The molecule has 1 saturated heterocycles. The number of rotatable bonds is 3. The SMILES string of the molecule is O=C(Nc1ccc(-c2ccccc2)cc1)C1CCCNC1. The third-order valence-electron chi connectivity index (χ3n) is 3.93. The van der Waals surface area contributed by atoms with Gasteiger partial charge in [-0.25, -0.2) is 0 Å². The van der Waals surface area contributed by atoms with Crippen molar-refractivity contribution >= 4 is 11.6 Å². The van der Waals surface area contributed by atoms with E-state index < -0.39 is 0 Å². The van der Waals surface area contributed by atoms with E-state index in [0.717, 1.165) is 37.2 Å². The van der Waals surface area contributed by atoms with Gasteiger partial charge in [0.2, 0.25) is 5.91 Å². The summed E-state index contributed by atoms with van der Waals surface area (Å²) in [6.07, 6.45) is 2.05. The summed E-state index contributed by atoms with van der Waals surface area (Å²) in [6.45, 7) is 1.81. The smallest absolute Gasteiger partial charge is 0.228 e. The minimum atomic E-state index is 0.0903. The molecule has 1 aliphatic rings. The molecule has 0 radical (unpaired) electrons. The van der Waals surface area contributed by atoms with Crippen molar-refractivity contribution < 1.29 is 4.79 Å². The van der Waals surface area contributed by atoms with Gasteiger partial charge in [-0.05, 0) is 42.6 Å². The minimum absolute atomic E-state index is 0.0903. The third kappa shape index (κ3) is 3.50. The normalized spacial score (nSPS) is 18.2. The van der Waals surface area contributed by atoms with E-state index in [1.807, 2.05) is 42.5 Å². The molecule has 0 aliphatic carbocycles. The Morgan fingerprint density at radius 2 is 1.71 bits per heavy atom. The van der Waals surface area contributed by atoms with E-state index in [-0.39, 0.29) is 11.8 Å². The average molecular weight is 280 g/mol. The van der Waals surface area contributed by atoms with Gasteiger partial charge in [-0.3, -0.25) is 4.79 Å². The maximum atomic E-state index is 12.2. The van der Waals surface area contributed by atoms with Gasteiger partial charge in [-0.15, -0.1) is 0 Å². The number of carbonyl (C=O) groups is 1. The summed E-state index contributed by atoms with van der Waals surface area (Å²) >= 11 is 0. The van der Waals surface area contributed by atoms with Crippen LogP contribution in [0.2, 0.25) is 0 Å². The Morgan fingerprint density at radius 1 is 1.00 bits per heavy atom. The van der Waals surface area contributed by atoms with Crippen molar-refractivity contribution in [3.05, 3.63) is 54.6 Å². The molecule has 0 spiro atoms. The monoisotopic (exact) mass is 280 g/mol. The van der Waals surface area contributed by atoms with Crippen molar-refractivity contribution in [1.82, 2.24) is 5.32 Å². The van der Waals surface area contributed by atoms with Gasteiger partial charge in [0.1, 0.15) is 0 Å². The van der Waals surface area contributed by atoms with Crippen molar-refractivity contribution in [1.29, 1.82) is 0 Å². The van der Waals surface area contributed by atoms with E-state index in [0.29, 0.717) is 0 Å². The van der Waals surface area contributed by atoms with Crippen LogP contribution in [0, 0.1) is 5.92 Å². The topological polar surface area (TPSA) is 41.1 Å². The molecule has 1 amide bonds. The summed E-state index contributed by atoms with van der Waals surface area (Å²) in [4.78, 5) is 12.2. The van der Waals surface area contributed by atoms with Crippen LogP contribution in [0.4, 0.5) is 5.69 Å². The first kappa shape index (κ1) is 13.8. The number of amides is 1. The van der Waals surface area contributed by atoms with Crippen molar-refractivity contribution in [3.63, 3.8) is 0 Å². The molecule has 1 aliphatic heterocycles. The predicted molar refractivity (Wildman–Crippen MR) is 86.1 cm³/mol. The number of hydrogen-bond acceptors (Lipinski definition) is 2. The van der Waals surface area contributed by atoms with Gasteiger partial charge in [-0.1, -0.05) is 42.5 Å².